The highest BCUT2D eigenvalue weighted by atomic mass is 127. The van der Waals surface area contributed by atoms with Gasteiger partial charge in [-0.25, -0.2) is 0 Å². The molecule has 0 spiro atoms. The zero-order chi connectivity index (χ0) is 19.2. The van der Waals surface area contributed by atoms with Crippen LogP contribution in [0.25, 0.3) is 0 Å². The fraction of sp³-hybridized carbons (Fsp3) is 0.263. The Hall–Kier alpha value is -2.69. The number of anilines is 1. The van der Waals surface area contributed by atoms with Gasteiger partial charge >= 0.3 is 0 Å². The molecule has 1 atom stereocenters. The van der Waals surface area contributed by atoms with Crippen LogP contribution in [0.2, 0.25) is 0 Å². The Morgan fingerprint density at radius 3 is 2.79 bits per heavy atom. The number of aliphatic imine (C=N–C) groups is 1. The van der Waals surface area contributed by atoms with Crippen molar-refractivity contribution in [3.8, 4) is 0 Å². The van der Waals surface area contributed by atoms with Gasteiger partial charge in [0.05, 0.1) is 4.92 Å². The molecule has 0 aromatic heterocycles. The third kappa shape index (κ3) is 5.41. The average molecular weight is 495 g/mol. The number of fused-ring (bicyclic) bond motifs is 1. The highest BCUT2D eigenvalue weighted by molar-refractivity contribution is 14.0. The molecule has 9 heteroatoms. The molecule has 28 heavy (non-hydrogen) atoms. The number of non-ortho nitro benzene ring substituents is 1. The normalized spacial score (nSPS) is 15.7. The van der Waals surface area contributed by atoms with E-state index in [1.807, 2.05) is 30.3 Å². The van der Waals surface area contributed by atoms with Gasteiger partial charge in [0.25, 0.3) is 5.69 Å². The van der Waals surface area contributed by atoms with E-state index in [4.69, 9.17) is 0 Å². The van der Waals surface area contributed by atoms with E-state index in [1.165, 1.54) is 12.1 Å². The second-order valence-corrected chi connectivity index (χ2v) is 6.27. The van der Waals surface area contributed by atoms with Gasteiger partial charge in [-0.15, -0.1) is 24.0 Å². The van der Waals surface area contributed by atoms with Gasteiger partial charge in [-0.3, -0.25) is 19.9 Å². The molecule has 2 aromatic rings. The number of amides is 1. The van der Waals surface area contributed by atoms with Gasteiger partial charge in [-0.05, 0) is 17.2 Å². The van der Waals surface area contributed by atoms with Gasteiger partial charge in [-0.2, -0.15) is 0 Å². The van der Waals surface area contributed by atoms with Crippen molar-refractivity contribution in [3.05, 3.63) is 69.8 Å². The number of nitro groups is 1. The zero-order valence-corrected chi connectivity index (χ0v) is 17.7. The van der Waals surface area contributed by atoms with Gasteiger partial charge in [0.2, 0.25) is 5.91 Å². The van der Waals surface area contributed by atoms with Crippen molar-refractivity contribution < 1.29 is 9.72 Å². The molecule has 1 aliphatic rings. The topological polar surface area (TPSA) is 109 Å². The lowest BCUT2D eigenvalue weighted by atomic mass is 9.90. The SMILES string of the molecule is CN=C(NCc1cccc([N+](=O)[O-])c1)NCC1CC(=O)Nc2ccccc21.I. The molecule has 1 aliphatic heterocycles. The summed E-state index contributed by atoms with van der Waals surface area (Å²) >= 11 is 0. The number of nitrogens with one attached hydrogen (secondary N) is 3. The number of carbonyl (C=O) groups excluding carboxylic acids is 1. The van der Waals surface area contributed by atoms with Crippen LogP contribution in [0.5, 0.6) is 0 Å². The van der Waals surface area contributed by atoms with Crippen molar-refractivity contribution in [2.75, 3.05) is 18.9 Å². The quantitative estimate of drug-likeness (QED) is 0.194. The van der Waals surface area contributed by atoms with Crippen molar-refractivity contribution in [1.82, 2.24) is 10.6 Å². The maximum Gasteiger partial charge on any atom is 0.269 e. The number of nitrogens with zero attached hydrogens (tertiary/aromatic N) is 2. The molecule has 1 heterocycles. The summed E-state index contributed by atoms with van der Waals surface area (Å²) in [6.45, 7) is 0.960. The fourth-order valence-electron chi connectivity index (χ4n) is 3.09. The highest BCUT2D eigenvalue weighted by Crippen LogP contribution is 2.31. The van der Waals surface area contributed by atoms with E-state index in [9.17, 15) is 14.9 Å². The molecular formula is C19H22IN5O3. The second kappa shape index (κ2) is 10.0. The molecule has 0 fully saturated rings. The van der Waals surface area contributed by atoms with Gasteiger partial charge in [0.1, 0.15) is 0 Å². The van der Waals surface area contributed by atoms with E-state index in [-0.39, 0.29) is 41.5 Å². The lowest BCUT2D eigenvalue weighted by molar-refractivity contribution is -0.384. The molecule has 0 aliphatic carbocycles. The van der Waals surface area contributed by atoms with E-state index < -0.39 is 4.92 Å². The summed E-state index contributed by atoms with van der Waals surface area (Å²) in [6.07, 6.45) is 0.409. The zero-order valence-electron chi connectivity index (χ0n) is 15.3. The molecule has 8 nitrogen and oxygen atoms in total. The maximum absolute atomic E-state index is 11.9. The molecule has 0 radical (unpaired) electrons. The van der Waals surface area contributed by atoms with Crippen LogP contribution in [-0.2, 0) is 11.3 Å². The Bertz CT molecular complexity index is 887. The number of para-hydroxylation sites is 1. The minimum atomic E-state index is -0.415. The monoisotopic (exact) mass is 495 g/mol. The summed E-state index contributed by atoms with van der Waals surface area (Å²) in [5, 5.41) is 20.1. The van der Waals surface area contributed by atoms with Crippen molar-refractivity contribution in [2.24, 2.45) is 4.99 Å². The Morgan fingerprint density at radius 2 is 2.04 bits per heavy atom. The lowest BCUT2D eigenvalue weighted by Crippen LogP contribution is -2.40. The number of rotatable bonds is 5. The summed E-state index contributed by atoms with van der Waals surface area (Å²) in [7, 11) is 1.66. The number of hydrogen-bond donors (Lipinski definition) is 3. The first kappa shape index (κ1) is 21.6. The molecule has 3 rings (SSSR count). The Kier molecular flexibility index (Phi) is 7.73. The highest BCUT2D eigenvalue weighted by Gasteiger charge is 2.24. The number of hydrogen-bond acceptors (Lipinski definition) is 4. The Balaban J connectivity index is 0.00000280. The molecule has 0 bridgehead atoms. The molecule has 0 saturated carbocycles. The number of carbonyl (C=O) groups is 1. The largest absolute Gasteiger partial charge is 0.356 e. The van der Waals surface area contributed by atoms with Crippen LogP contribution in [-0.4, -0.2) is 30.4 Å². The molecule has 1 unspecified atom stereocenters. The van der Waals surface area contributed by atoms with E-state index >= 15 is 0 Å². The lowest BCUT2D eigenvalue weighted by Gasteiger charge is -2.26. The van der Waals surface area contributed by atoms with E-state index in [0.717, 1.165) is 16.8 Å². The van der Waals surface area contributed by atoms with Crippen LogP contribution in [0.4, 0.5) is 11.4 Å². The molecule has 0 saturated heterocycles. The van der Waals surface area contributed by atoms with Crippen molar-refractivity contribution in [1.29, 1.82) is 0 Å². The predicted octanol–water partition coefficient (Wildman–Crippen LogP) is 3.00. The predicted molar refractivity (Wildman–Crippen MR) is 119 cm³/mol. The fourth-order valence-corrected chi connectivity index (χ4v) is 3.09. The maximum atomic E-state index is 11.9. The van der Waals surface area contributed by atoms with Crippen molar-refractivity contribution >= 4 is 47.2 Å². The molecule has 148 valence electrons. The number of guanidine groups is 1. The van der Waals surface area contributed by atoms with Crippen LogP contribution >= 0.6 is 24.0 Å². The first-order chi connectivity index (χ1) is 13.1. The summed E-state index contributed by atoms with van der Waals surface area (Å²) in [6, 6.07) is 14.2. The first-order valence-corrected chi connectivity index (χ1v) is 8.63. The summed E-state index contributed by atoms with van der Waals surface area (Å²) in [5.74, 6) is 0.622. The van der Waals surface area contributed by atoms with Crippen LogP contribution in [0.1, 0.15) is 23.5 Å². The minimum Gasteiger partial charge on any atom is -0.356 e. The van der Waals surface area contributed by atoms with Crippen LogP contribution in [0.3, 0.4) is 0 Å². The summed E-state index contributed by atoms with van der Waals surface area (Å²) in [5.41, 5.74) is 2.79. The van der Waals surface area contributed by atoms with E-state index in [0.29, 0.717) is 25.5 Å². The minimum absolute atomic E-state index is 0. The van der Waals surface area contributed by atoms with Gasteiger partial charge in [0.15, 0.2) is 5.96 Å². The second-order valence-electron chi connectivity index (χ2n) is 6.27. The van der Waals surface area contributed by atoms with Crippen molar-refractivity contribution in [3.63, 3.8) is 0 Å². The van der Waals surface area contributed by atoms with E-state index in [1.54, 1.807) is 13.1 Å². The number of halogens is 1. The summed E-state index contributed by atoms with van der Waals surface area (Å²) < 4.78 is 0. The Morgan fingerprint density at radius 1 is 1.25 bits per heavy atom. The van der Waals surface area contributed by atoms with Crippen LogP contribution in [0.15, 0.2) is 53.5 Å². The third-order valence-corrected chi connectivity index (χ3v) is 4.43. The standard InChI is InChI=1S/C19H21N5O3.HI/c1-20-19(21-11-13-5-4-6-15(9-13)24(26)27)22-12-14-10-18(25)23-17-8-3-2-7-16(14)17;/h2-9,14H,10-12H2,1H3,(H,23,25)(H2,20,21,22);1H. The third-order valence-electron chi connectivity index (χ3n) is 4.43. The van der Waals surface area contributed by atoms with Crippen LogP contribution < -0.4 is 16.0 Å². The van der Waals surface area contributed by atoms with E-state index in [2.05, 4.69) is 20.9 Å². The molecular weight excluding hydrogens is 473 g/mol. The molecule has 2 aromatic carbocycles. The number of benzene rings is 2. The molecule has 1 amide bonds. The smallest absolute Gasteiger partial charge is 0.269 e. The molecule has 3 N–H and O–H groups in total. The number of nitro benzene ring substituents is 1. The average Bonchev–Trinajstić information content (AvgIpc) is 2.68. The van der Waals surface area contributed by atoms with Crippen molar-refractivity contribution in [2.45, 2.75) is 18.9 Å². The van der Waals surface area contributed by atoms with Crippen LogP contribution in [0, 0.1) is 10.1 Å². The first-order valence-electron chi connectivity index (χ1n) is 8.63. The van der Waals surface area contributed by atoms with Gasteiger partial charge < -0.3 is 16.0 Å². The Labute approximate surface area is 180 Å². The van der Waals surface area contributed by atoms with Gasteiger partial charge in [-0.1, -0.05) is 30.3 Å². The van der Waals surface area contributed by atoms with Gasteiger partial charge in [0, 0.05) is 50.3 Å². The summed E-state index contributed by atoms with van der Waals surface area (Å²) in [4.78, 5) is 26.5.